The third-order valence-electron chi connectivity index (χ3n) is 3.18. The highest BCUT2D eigenvalue weighted by atomic mass is 79.9. The zero-order valence-electron chi connectivity index (χ0n) is 9.74. The van der Waals surface area contributed by atoms with E-state index < -0.39 is 5.91 Å². The van der Waals surface area contributed by atoms with Gasteiger partial charge in [0.05, 0.1) is 5.56 Å². The largest absolute Gasteiger partial charge is 0.370 e. The van der Waals surface area contributed by atoms with E-state index in [9.17, 15) is 4.79 Å². The van der Waals surface area contributed by atoms with Crippen molar-refractivity contribution in [3.63, 3.8) is 0 Å². The van der Waals surface area contributed by atoms with Crippen molar-refractivity contribution in [2.24, 2.45) is 5.73 Å². The van der Waals surface area contributed by atoms with E-state index in [0.29, 0.717) is 11.6 Å². The van der Waals surface area contributed by atoms with E-state index in [1.807, 2.05) is 19.2 Å². The third-order valence-corrected chi connectivity index (χ3v) is 3.84. The van der Waals surface area contributed by atoms with Crippen LogP contribution in [0.1, 0.15) is 16.8 Å². The predicted molar refractivity (Wildman–Crippen MR) is 72.3 cm³/mol. The zero-order valence-corrected chi connectivity index (χ0v) is 11.3. The molecule has 2 rings (SSSR count). The Morgan fingerprint density at radius 3 is 2.88 bits per heavy atom. The summed E-state index contributed by atoms with van der Waals surface area (Å²) >= 11 is 3.38. The number of nitrogens with one attached hydrogen (secondary N) is 1. The van der Waals surface area contributed by atoms with Crippen molar-refractivity contribution >= 4 is 27.5 Å². The number of halogens is 1. The molecule has 1 aliphatic rings. The second-order valence-corrected chi connectivity index (χ2v) is 5.10. The van der Waals surface area contributed by atoms with Crippen LogP contribution in [0, 0.1) is 0 Å². The number of rotatable bonds is 3. The minimum atomic E-state index is -0.405. The van der Waals surface area contributed by atoms with E-state index in [4.69, 9.17) is 5.73 Å². The Morgan fingerprint density at radius 2 is 2.35 bits per heavy atom. The molecule has 1 aromatic carbocycles. The highest BCUT2D eigenvalue weighted by Gasteiger charge is 2.21. The first-order chi connectivity index (χ1) is 8.11. The third kappa shape index (κ3) is 2.61. The minimum Gasteiger partial charge on any atom is -0.370 e. The molecule has 0 spiro atoms. The molecule has 1 saturated heterocycles. The van der Waals surface area contributed by atoms with Crippen molar-refractivity contribution in [3.8, 4) is 0 Å². The number of amides is 1. The monoisotopic (exact) mass is 297 g/mol. The molecule has 1 aromatic rings. The molecule has 0 radical (unpaired) electrons. The van der Waals surface area contributed by atoms with Gasteiger partial charge in [-0.1, -0.05) is 0 Å². The molecular formula is C12H16BrN3O. The molecule has 3 N–H and O–H groups in total. The summed E-state index contributed by atoms with van der Waals surface area (Å²) in [5.41, 5.74) is 6.92. The molecule has 1 heterocycles. The van der Waals surface area contributed by atoms with Crippen LogP contribution in [0.2, 0.25) is 0 Å². The number of benzene rings is 1. The summed E-state index contributed by atoms with van der Waals surface area (Å²) in [4.78, 5) is 13.4. The number of carbonyl (C=O) groups excluding carboxylic acids is 1. The van der Waals surface area contributed by atoms with E-state index in [1.54, 1.807) is 6.07 Å². The van der Waals surface area contributed by atoms with Gasteiger partial charge in [-0.15, -0.1) is 0 Å². The second-order valence-electron chi connectivity index (χ2n) is 4.25. The van der Waals surface area contributed by atoms with Gasteiger partial charge in [0.1, 0.15) is 0 Å². The number of likely N-dealkylation sites (N-methyl/N-ethyl adjacent to an activating group) is 1. The van der Waals surface area contributed by atoms with E-state index >= 15 is 0 Å². The molecule has 1 atom stereocenters. The van der Waals surface area contributed by atoms with E-state index in [1.165, 1.54) is 0 Å². The van der Waals surface area contributed by atoms with Gasteiger partial charge in [0.15, 0.2) is 0 Å². The summed E-state index contributed by atoms with van der Waals surface area (Å²) in [5, 5.41) is 3.28. The molecule has 5 heteroatoms. The van der Waals surface area contributed by atoms with Gasteiger partial charge in [0.25, 0.3) is 0 Å². The van der Waals surface area contributed by atoms with Gasteiger partial charge in [-0.05, 0) is 47.6 Å². The molecule has 17 heavy (non-hydrogen) atoms. The Bertz CT molecular complexity index is 436. The zero-order chi connectivity index (χ0) is 12.4. The van der Waals surface area contributed by atoms with Crippen LogP contribution in [0.4, 0.5) is 5.69 Å². The van der Waals surface area contributed by atoms with Crippen LogP contribution < -0.4 is 16.0 Å². The van der Waals surface area contributed by atoms with Crippen molar-refractivity contribution in [3.05, 3.63) is 28.2 Å². The van der Waals surface area contributed by atoms with Crippen LogP contribution in [-0.2, 0) is 0 Å². The van der Waals surface area contributed by atoms with Gasteiger partial charge in [-0.25, -0.2) is 0 Å². The van der Waals surface area contributed by atoms with Gasteiger partial charge in [0, 0.05) is 29.3 Å². The maximum atomic E-state index is 11.1. The van der Waals surface area contributed by atoms with Crippen LogP contribution in [-0.4, -0.2) is 32.1 Å². The van der Waals surface area contributed by atoms with E-state index in [-0.39, 0.29) is 0 Å². The Morgan fingerprint density at radius 1 is 1.59 bits per heavy atom. The fourth-order valence-electron chi connectivity index (χ4n) is 2.13. The Hall–Kier alpha value is -1.07. The lowest BCUT2D eigenvalue weighted by Gasteiger charge is -2.19. The molecule has 1 aliphatic heterocycles. The van der Waals surface area contributed by atoms with Crippen molar-refractivity contribution in [1.82, 2.24) is 5.32 Å². The maximum Gasteiger partial charge on any atom is 0.249 e. The number of anilines is 1. The van der Waals surface area contributed by atoms with Gasteiger partial charge < -0.3 is 16.0 Å². The molecule has 0 saturated carbocycles. The molecule has 1 fully saturated rings. The summed E-state index contributed by atoms with van der Waals surface area (Å²) in [6.07, 6.45) is 1.14. The molecule has 0 aliphatic carbocycles. The maximum absolute atomic E-state index is 11.1. The number of carbonyl (C=O) groups is 1. The molecule has 4 nitrogen and oxygen atoms in total. The fraction of sp³-hybridized carbons (Fsp3) is 0.417. The molecule has 1 amide bonds. The molecule has 92 valence electrons. The quantitative estimate of drug-likeness (QED) is 0.885. The molecule has 0 bridgehead atoms. The lowest BCUT2D eigenvalue weighted by molar-refractivity contribution is 0.0999. The van der Waals surface area contributed by atoms with Crippen LogP contribution in [0.5, 0.6) is 0 Å². The number of nitrogens with zero attached hydrogens (tertiary/aromatic N) is 1. The van der Waals surface area contributed by atoms with E-state index in [2.05, 4.69) is 26.1 Å². The second kappa shape index (κ2) is 5.06. The summed E-state index contributed by atoms with van der Waals surface area (Å²) in [7, 11) is 1.99. The number of primary amides is 1. The summed E-state index contributed by atoms with van der Waals surface area (Å²) in [6.45, 7) is 2.03. The Kier molecular flexibility index (Phi) is 3.69. The topological polar surface area (TPSA) is 58.4 Å². The number of hydrogen-bond donors (Lipinski definition) is 2. The molecule has 0 aromatic heterocycles. The van der Waals surface area contributed by atoms with Crippen molar-refractivity contribution in [2.45, 2.75) is 12.5 Å². The molecule has 1 unspecified atom stereocenters. The van der Waals surface area contributed by atoms with Gasteiger partial charge in [0.2, 0.25) is 5.91 Å². The van der Waals surface area contributed by atoms with Crippen LogP contribution in [0.25, 0.3) is 0 Å². The average Bonchev–Trinajstić information content (AvgIpc) is 2.76. The standard InChI is InChI=1S/C12H16BrN3O/c1-15-8-4-5-16(7-8)9-2-3-10(12(14)17)11(13)6-9/h2-3,6,8,15H,4-5,7H2,1H3,(H2,14,17). The smallest absolute Gasteiger partial charge is 0.249 e. The SMILES string of the molecule is CNC1CCN(c2ccc(C(N)=O)c(Br)c2)C1. The number of nitrogens with two attached hydrogens (primary N) is 1. The van der Waals surface area contributed by atoms with Gasteiger partial charge in [-0.3, -0.25) is 4.79 Å². The van der Waals surface area contributed by atoms with Gasteiger partial charge >= 0.3 is 0 Å². The lowest BCUT2D eigenvalue weighted by Crippen LogP contribution is -2.29. The van der Waals surface area contributed by atoms with Crippen LogP contribution in [0.3, 0.4) is 0 Å². The summed E-state index contributed by atoms with van der Waals surface area (Å²) in [6, 6.07) is 6.22. The summed E-state index contributed by atoms with van der Waals surface area (Å²) in [5.74, 6) is -0.405. The minimum absolute atomic E-state index is 0.405. The molecular weight excluding hydrogens is 282 g/mol. The average molecular weight is 298 g/mol. The Labute approximate surface area is 109 Å². The normalized spacial score (nSPS) is 19.6. The number of hydrogen-bond acceptors (Lipinski definition) is 3. The van der Waals surface area contributed by atoms with Crippen molar-refractivity contribution < 1.29 is 4.79 Å². The van der Waals surface area contributed by atoms with Crippen LogP contribution >= 0.6 is 15.9 Å². The first kappa shape index (κ1) is 12.4. The lowest BCUT2D eigenvalue weighted by atomic mass is 10.2. The highest BCUT2D eigenvalue weighted by Crippen LogP contribution is 2.26. The van der Waals surface area contributed by atoms with Crippen molar-refractivity contribution in [2.75, 3.05) is 25.0 Å². The van der Waals surface area contributed by atoms with Crippen LogP contribution in [0.15, 0.2) is 22.7 Å². The first-order valence-electron chi connectivity index (χ1n) is 5.63. The van der Waals surface area contributed by atoms with Gasteiger partial charge in [-0.2, -0.15) is 0 Å². The summed E-state index contributed by atoms with van der Waals surface area (Å²) < 4.78 is 0.760. The van der Waals surface area contributed by atoms with Crippen molar-refractivity contribution in [1.29, 1.82) is 0 Å². The van der Waals surface area contributed by atoms with E-state index in [0.717, 1.165) is 29.7 Å². The first-order valence-corrected chi connectivity index (χ1v) is 6.42. The highest BCUT2D eigenvalue weighted by molar-refractivity contribution is 9.10. The Balaban J connectivity index is 2.18. The fourth-order valence-corrected chi connectivity index (χ4v) is 2.69. The predicted octanol–water partition coefficient (Wildman–Crippen LogP) is 1.35.